The monoisotopic (exact) mass is 178 g/mol. The summed E-state index contributed by atoms with van der Waals surface area (Å²) in [5.41, 5.74) is 1.92. The van der Waals surface area contributed by atoms with Crippen molar-refractivity contribution in [1.29, 1.82) is 0 Å². The molecule has 70 valence electrons. The van der Waals surface area contributed by atoms with Gasteiger partial charge in [0.15, 0.2) is 0 Å². The second-order valence-corrected chi connectivity index (χ2v) is 3.29. The third-order valence-corrected chi connectivity index (χ3v) is 2.33. The number of carbonyl (C=O) groups excluding carboxylic acids is 1. The molecule has 0 aromatic heterocycles. The Morgan fingerprint density at radius 3 is 2.85 bits per heavy atom. The number of hydrogen-bond donors (Lipinski definition) is 1. The quantitative estimate of drug-likeness (QED) is 0.721. The molecule has 0 aliphatic rings. The number of benzene rings is 1. The molecule has 2 heteroatoms. The van der Waals surface area contributed by atoms with Crippen molar-refractivity contribution in [3.05, 3.63) is 29.3 Å². The lowest BCUT2D eigenvalue weighted by molar-refractivity contribution is -0.108. The lowest BCUT2D eigenvalue weighted by atomic mass is 9.94. The van der Waals surface area contributed by atoms with Crippen molar-refractivity contribution in [3.8, 4) is 5.75 Å². The van der Waals surface area contributed by atoms with Gasteiger partial charge < -0.3 is 9.90 Å². The van der Waals surface area contributed by atoms with Crippen LogP contribution in [-0.4, -0.2) is 11.4 Å². The minimum atomic E-state index is 0.185. The molecule has 1 aromatic rings. The van der Waals surface area contributed by atoms with Crippen LogP contribution in [0.25, 0.3) is 0 Å². The zero-order valence-electron chi connectivity index (χ0n) is 7.95. The Morgan fingerprint density at radius 1 is 1.54 bits per heavy atom. The standard InChI is InChI=1S/C11H14O2/c1-8(6-7-12)10-4-3-5-11(13)9(10)2/h3-5,7-8,13H,6H2,1-2H3. The smallest absolute Gasteiger partial charge is 0.120 e. The fourth-order valence-electron chi connectivity index (χ4n) is 1.45. The van der Waals surface area contributed by atoms with Crippen LogP contribution in [0, 0.1) is 6.92 Å². The maximum atomic E-state index is 10.3. The molecule has 0 amide bonds. The van der Waals surface area contributed by atoms with Crippen molar-refractivity contribution >= 4 is 6.29 Å². The molecular formula is C11H14O2. The number of rotatable bonds is 3. The summed E-state index contributed by atoms with van der Waals surface area (Å²) in [6.45, 7) is 3.85. The van der Waals surface area contributed by atoms with E-state index in [1.807, 2.05) is 19.9 Å². The normalized spacial score (nSPS) is 12.5. The van der Waals surface area contributed by atoms with E-state index in [0.717, 1.165) is 17.4 Å². The number of phenols is 1. The summed E-state index contributed by atoms with van der Waals surface area (Å²) in [4.78, 5) is 10.3. The van der Waals surface area contributed by atoms with E-state index < -0.39 is 0 Å². The highest BCUT2D eigenvalue weighted by Gasteiger charge is 2.09. The molecule has 1 atom stereocenters. The molecule has 2 nitrogen and oxygen atoms in total. The molecule has 0 saturated heterocycles. The molecule has 0 spiro atoms. The van der Waals surface area contributed by atoms with E-state index in [4.69, 9.17) is 0 Å². The van der Waals surface area contributed by atoms with Gasteiger partial charge in [-0.1, -0.05) is 19.1 Å². The van der Waals surface area contributed by atoms with Gasteiger partial charge in [-0.3, -0.25) is 0 Å². The maximum absolute atomic E-state index is 10.3. The molecule has 0 aliphatic heterocycles. The third kappa shape index (κ3) is 2.08. The maximum Gasteiger partial charge on any atom is 0.120 e. The first-order chi connectivity index (χ1) is 6.16. The molecule has 0 fully saturated rings. The Bertz CT molecular complexity index is 305. The average Bonchev–Trinajstić information content (AvgIpc) is 2.10. The first-order valence-corrected chi connectivity index (χ1v) is 4.39. The minimum Gasteiger partial charge on any atom is -0.508 e. The van der Waals surface area contributed by atoms with E-state index in [0.29, 0.717) is 12.2 Å². The predicted molar refractivity (Wildman–Crippen MR) is 51.9 cm³/mol. The molecule has 13 heavy (non-hydrogen) atoms. The summed E-state index contributed by atoms with van der Waals surface area (Å²) in [5, 5.41) is 9.43. The van der Waals surface area contributed by atoms with Crippen LogP contribution in [0.1, 0.15) is 30.4 Å². The van der Waals surface area contributed by atoms with Crippen molar-refractivity contribution in [2.75, 3.05) is 0 Å². The van der Waals surface area contributed by atoms with Gasteiger partial charge in [-0.05, 0) is 30.0 Å². The van der Waals surface area contributed by atoms with Gasteiger partial charge in [-0.2, -0.15) is 0 Å². The number of carbonyl (C=O) groups is 1. The SMILES string of the molecule is Cc1c(O)cccc1C(C)CC=O. The largest absolute Gasteiger partial charge is 0.508 e. The topological polar surface area (TPSA) is 37.3 Å². The molecule has 0 radical (unpaired) electrons. The van der Waals surface area contributed by atoms with Gasteiger partial charge in [-0.15, -0.1) is 0 Å². The highest BCUT2D eigenvalue weighted by Crippen LogP contribution is 2.27. The molecule has 0 heterocycles. The van der Waals surface area contributed by atoms with Crippen LogP contribution in [0.3, 0.4) is 0 Å². The second kappa shape index (κ2) is 4.08. The molecule has 0 saturated carbocycles. The van der Waals surface area contributed by atoms with Crippen LogP contribution in [0.5, 0.6) is 5.75 Å². The van der Waals surface area contributed by atoms with Crippen molar-refractivity contribution in [2.24, 2.45) is 0 Å². The van der Waals surface area contributed by atoms with E-state index in [1.165, 1.54) is 0 Å². The van der Waals surface area contributed by atoms with Crippen molar-refractivity contribution in [2.45, 2.75) is 26.2 Å². The Kier molecular flexibility index (Phi) is 3.07. The van der Waals surface area contributed by atoms with Crippen LogP contribution in [-0.2, 0) is 4.79 Å². The summed E-state index contributed by atoms with van der Waals surface area (Å²) in [6, 6.07) is 5.41. The molecule has 1 rings (SSSR count). The van der Waals surface area contributed by atoms with Crippen LogP contribution in [0.2, 0.25) is 0 Å². The van der Waals surface area contributed by atoms with Gasteiger partial charge in [0.05, 0.1) is 0 Å². The minimum absolute atomic E-state index is 0.185. The first kappa shape index (κ1) is 9.78. The van der Waals surface area contributed by atoms with Crippen molar-refractivity contribution < 1.29 is 9.90 Å². The molecule has 1 unspecified atom stereocenters. The summed E-state index contributed by atoms with van der Waals surface area (Å²) < 4.78 is 0. The molecule has 1 aromatic carbocycles. The van der Waals surface area contributed by atoms with Crippen LogP contribution < -0.4 is 0 Å². The highest BCUT2D eigenvalue weighted by molar-refractivity contribution is 5.52. The van der Waals surface area contributed by atoms with Crippen LogP contribution in [0.15, 0.2) is 18.2 Å². The summed E-state index contributed by atoms with van der Waals surface area (Å²) in [7, 11) is 0. The summed E-state index contributed by atoms with van der Waals surface area (Å²) >= 11 is 0. The number of aromatic hydroxyl groups is 1. The number of aldehydes is 1. The molecular weight excluding hydrogens is 164 g/mol. The van der Waals surface area contributed by atoms with Gasteiger partial charge in [0.2, 0.25) is 0 Å². The highest BCUT2D eigenvalue weighted by atomic mass is 16.3. The Balaban J connectivity index is 3.00. The third-order valence-electron chi connectivity index (χ3n) is 2.33. The van der Waals surface area contributed by atoms with E-state index in [9.17, 15) is 9.90 Å². The van der Waals surface area contributed by atoms with E-state index in [2.05, 4.69) is 0 Å². The predicted octanol–water partition coefficient (Wildman–Crippen LogP) is 2.39. The van der Waals surface area contributed by atoms with Crippen LogP contribution in [0.4, 0.5) is 0 Å². The molecule has 0 aliphatic carbocycles. The number of phenolic OH excluding ortho intramolecular Hbond substituents is 1. The average molecular weight is 178 g/mol. The fourth-order valence-corrected chi connectivity index (χ4v) is 1.45. The fraction of sp³-hybridized carbons (Fsp3) is 0.364. The zero-order chi connectivity index (χ0) is 9.84. The Labute approximate surface area is 78.2 Å². The van der Waals surface area contributed by atoms with E-state index >= 15 is 0 Å². The Hall–Kier alpha value is -1.31. The zero-order valence-corrected chi connectivity index (χ0v) is 7.95. The molecule has 1 N–H and O–H groups in total. The van der Waals surface area contributed by atoms with Gasteiger partial charge in [0, 0.05) is 6.42 Å². The number of hydrogen-bond acceptors (Lipinski definition) is 2. The lowest BCUT2D eigenvalue weighted by Gasteiger charge is -2.12. The van der Waals surface area contributed by atoms with E-state index in [1.54, 1.807) is 12.1 Å². The van der Waals surface area contributed by atoms with Crippen molar-refractivity contribution in [1.82, 2.24) is 0 Å². The lowest BCUT2D eigenvalue weighted by Crippen LogP contribution is -1.97. The second-order valence-electron chi connectivity index (χ2n) is 3.29. The van der Waals surface area contributed by atoms with Crippen molar-refractivity contribution in [3.63, 3.8) is 0 Å². The van der Waals surface area contributed by atoms with Gasteiger partial charge in [-0.25, -0.2) is 0 Å². The summed E-state index contributed by atoms with van der Waals surface area (Å²) in [6.07, 6.45) is 1.42. The van der Waals surface area contributed by atoms with Gasteiger partial charge in [0.25, 0.3) is 0 Å². The summed E-state index contributed by atoms with van der Waals surface area (Å²) in [5.74, 6) is 0.486. The van der Waals surface area contributed by atoms with Gasteiger partial charge in [0.1, 0.15) is 12.0 Å². The first-order valence-electron chi connectivity index (χ1n) is 4.39. The van der Waals surface area contributed by atoms with Gasteiger partial charge >= 0.3 is 0 Å². The van der Waals surface area contributed by atoms with E-state index in [-0.39, 0.29) is 5.92 Å². The van der Waals surface area contributed by atoms with Crippen LogP contribution >= 0.6 is 0 Å². The molecule has 0 bridgehead atoms. The Morgan fingerprint density at radius 2 is 2.23 bits per heavy atom.